The van der Waals surface area contributed by atoms with Crippen LogP contribution in [0.2, 0.25) is 0 Å². The Bertz CT molecular complexity index is 591. The van der Waals surface area contributed by atoms with Gasteiger partial charge in [0.15, 0.2) is 11.6 Å². The summed E-state index contributed by atoms with van der Waals surface area (Å²) in [5.41, 5.74) is 8.61. The van der Waals surface area contributed by atoms with Gasteiger partial charge in [0.2, 0.25) is 0 Å². The van der Waals surface area contributed by atoms with E-state index in [1.807, 2.05) is 0 Å². The summed E-state index contributed by atoms with van der Waals surface area (Å²) < 4.78 is 5.25. The Morgan fingerprint density at radius 1 is 1.20 bits per heavy atom. The van der Waals surface area contributed by atoms with Gasteiger partial charge < -0.3 is 10.3 Å². The minimum Gasteiger partial charge on any atom is -0.381 e. The molecule has 1 aliphatic rings. The summed E-state index contributed by atoms with van der Waals surface area (Å²) in [6.45, 7) is 4.74. The molecule has 0 radical (unpaired) electrons. The Kier molecular flexibility index (Phi) is 3.28. The van der Waals surface area contributed by atoms with Crippen LogP contribution < -0.4 is 5.73 Å². The summed E-state index contributed by atoms with van der Waals surface area (Å²) in [6, 6.07) is 10.4. The van der Waals surface area contributed by atoms with Crippen LogP contribution in [0.4, 0.5) is 5.82 Å². The van der Waals surface area contributed by atoms with E-state index in [2.05, 4.69) is 43.3 Å². The van der Waals surface area contributed by atoms with Crippen molar-refractivity contribution >= 4 is 5.82 Å². The summed E-state index contributed by atoms with van der Waals surface area (Å²) >= 11 is 0. The van der Waals surface area contributed by atoms with Crippen LogP contribution in [0.5, 0.6) is 0 Å². The summed E-state index contributed by atoms with van der Waals surface area (Å²) in [7, 11) is 0. The first kappa shape index (κ1) is 13.2. The van der Waals surface area contributed by atoms with Crippen molar-refractivity contribution in [3.8, 4) is 11.3 Å². The quantitative estimate of drug-likeness (QED) is 0.867. The fourth-order valence-electron chi connectivity index (χ4n) is 3.10. The molecule has 2 N–H and O–H groups in total. The molecule has 3 rings (SSSR count). The summed E-state index contributed by atoms with van der Waals surface area (Å²) in [4.78, 5) is 0. The Balaban J connectivity index is 1.81. The molecule has 1 aliphatic carbocycles. The molecule has 1 saturated carbocycles. The second kappa shape index (κ2) is 4.97. The normalized spacial score (nSPS) is 19.1. The smallest absolute Gasteiger partial charge is 0.169 e. The van der Waals surface area contributed by atoms with Gasteiger partial charge >= 0.3 is 0 Å². The number of hydrogen-bond donors (Lipinski definition) is 1. The van der Waals surface area contributed by atoms with Gasteiger partial charge in [-0.2, -0.15) is 0 Å². The number of rotatable bonds is 2. The van der Waals surface area contributed by atoms with E-state index < -0.39 is 0 Å². The first-order valence-corrected chi connectivity index (χ1v) is 7.36. The Labute approximate surface area is 120 Å². The maximum Gasteiger partial charge on any atom is 0.169 e. The van der Waals surface area contributed by atoms with Crippen molar-refractivity contribution in [3.63, 3.8) is 0 Å². The van der Waals surface area contributed by atoms with Crippen LogP contribution in [0.25, 0.3) is 11.3 Å². The molecule has 1 aromatic carbocycles. The molecule has 0 aliphatic heterocycles. The molecule has 2 aromatic rings. The van der Waals surface area contributed by atoms with Gasteiger partial charge in [0.05, 0.1) is 0 Å². The van der Waals surface area contributed by atoms with E-state index in [1.165, 1.54) is 31.2 Å². The molecule has 0 amide bonds. The van der Waals surface area contributed by atoms with Gasteiger partial charge in [-0.25, -0.2) is 0 Å². The van der Waals surface area contributed by atoms with Gasteiger partial charge in [-0.15, -0.1) is 0 Å². The SMILES string of the molecule is CC1(C)CCC(c2cccc(-c3cc(N)no3)c2)CC1. The molecule has 0 bridgehead atoms. The van der Waals surface area contributed by atoms with Gasteiger partial charge in [-0.1, -0.05) is 37.2 Å². The van der Waals surface area contributed by atoms with Crippen molar-refractivity contribution in [1.29, 1.82) is 0 Å². The molecule has 106 valence electrons. The van der Waals surface area contributed by atoms with Crippen LogP contribution in [0.15, 0.2) is 34.9 Å². The van der Waals surface area contributed by atoms with Crippen LogP contribution in [-0.4, -0.2) is 5.16 Å². The van der Waals surface area contributed by atoms with E-state index in [9.17, 15) is 0 Å². The number of nitrogen functional groups attached to an aromatic ring is 1. The van der Waals surface area contributed by atoms with Crippen LogP contribution in [0.1, 0.15) is 51.0 Å². The Morgan fingerprint density at radius 3 is 2.60 bits per heavy atom. The molecule has 0 unspecified atom stereocenters. The highest BCUT2D eigenvalue weighted by Crippen LogP contribution is 2.42. The van der Waals surface area contributed by atoms with E-state index in [0.29, 0.717) is 17.2 Å². The zero-order chi connectivity index (χ0) is 14.2. The predicted molar refractivity (Wildman–Crippen MR) is 81.3 cm³/mol. The molecule has 20 heavy (non-hydrogen) atoms. The molecule has 0 atom stereocenters. The minimum absolute atomic E-state index is 0.435. The molecule has 0 saturated heterocycles. The van der Waals surface area contributed by atoms with Gasteiger partial charge in [-0.05, 0) is 48.6 Å². The molecule has 1 aromatic heterocycles. The van der Waals surface area contributed by atoms with E-state index in [0.717, 1.165) is 11.3 Å². The highest BCUT2D eigenvalue weighted by Gasteiger charge is 2.27. The summed E-state index contributed by atoms with van der Waals surface area (Å²) in [6.07, 6.45) is 5.15. The highest BCUT2D eigenvalue weighted by atomic mass is 16.5. The Hall–Kier alpha value is -1.77. The first-order valence-electron chi connectivity index (χ1n) is 7.36. The zero-order valence-electron chi connectivity index (χ0n) is 12.2. The van der Waals surface area contributed by atoms with Crippen molar-refractivity contribution in [2.75, 3.05) is 5.73 Å². The third-order valence-electron chi connectivity index (χ3n) is 4.51. The number of benzene rings is 1. The molecule has 3 heteroatoms. The number of aromatic nitrogens is 1. The van der Waals surface area contributed by atoms with E-state index in [-0.39, 0.29) is 0 Å². The summed E-state index contributed by atoms with van der Waals surface area (Å²) in [5, 5.41) is 3.76. The van der Waals surface area contributed by atoms with Crippen LogP contribution in [-0.2, 0) is 0 Å². The van der Waals surface area contributed by atoms with E-state index >= 15 is 0 Å². The standard InChI is InChI=1S/C17H22N2O/c1-17(2)8-6-12(7-9-17)13-4-3-5-14(10-13)15-11-16(18)19-20-15/h3-5,10-12H,6-9H2,1-2H3,(H2,18,19). The topological polar surface area (TPSA) is 52.0 Å². The first-order chi connectivity index (χ1) is 9.53. The molecular weight excluding hydrogens is 248 g/mol. The monoisotopic (exact) mass is 270 g/mol. The average Bonchev–Trinajstić information content (AvgIpc) is 2.86. The van der Waals surface area contributed by atoms with Gasteiger partial charge in [0, 0.05) is 11.6 Å². The van der Waals surface area contributed by atoms with Gasteiger partial charge in [0.1, 0.15) is 0 Å². The van der Waals surface area contributed by atoms with Crippen molar-refractivity contribution in [2.24, 2.45) is 5.41 Å². The lowest BCUT2D eigenvalue weighted by Gasteiger charge is -2.34. The Morgan fingerprint density at radius 2 is 1.95 bits per heavy atom. The van der Waals surface area contributed by atoms with Crippen LogP contribution in [0, 0.1) is 5.41 Å². The maximum atomic E-state index is 5.62. The van der Waals surface area contributed by atoms with Crippen LogP contribution in [0.3, 0.4) is 0 Å². The van der Waals surface area contributed by atoms with Crippen molar-refractivity contribution in [2.45, 2.75) is 45.4 Å². The van der Waals surface area contributed by atoms with Crippen molar-refractivity contribution in [3.05, 3.63) is 35.9 Å². The second-order valence-corrected chi connectivity index (χ2v) is 6.68. The molecular formula is C17H22N2O. The second-order valence-electron chi connectivity index (χ2n) is 6.68. The van der Waals surface area contributed by atoms with Crippen LogP contribution >= 0.6 is 0 Å². The zero-order valence-corrected chi connectivity index (χ0v) is 12.2. The van der Waals surface area contributed by atoms with E-state index in [4.69, 9.17) is 10.3 Å². The third kappa shape index (κ3) is 2.72. The summed E-state index contributed by atoms with van der Waals surface area (Å²) in [5.74, 6) is 1.86. The molecule has 0 spiro atoms. The predicted octanol–water partition coefficient (Wildman–Crippen LogP) is 4.61. The third-order valence-corrected chi connectivity index (χ3v) is 4.51. The molecule has 1 heterocycles. The number of nitrogens with two attached hydrogens (primary N) is 1. The lowest BCUT2D eigenvalue weighted by Crippen LogP contribution is -2.20. The fourth-order valence-corrected chi connectivity index (χ4v) is 3.10. The van der Waals surface area contributed by atoms with Crippen molar-refractivity contribution in [1.82, 2.24) is 5.16 Å². The minimum atomic E-state index is 0.435. The fraction of sp³-hybridized carbons (Fsp3) is 0.471. The number of hydrogen-bond acceptors (Lipinski definition) is 3. The lowest BCUT2D eigenvalue weighted by molar-refractivity contribution is 0.224. The lowest BCUT2D eigenvalue weighted by atomic mass is 9.71. The van der Waals surface area contributed by atoms with E-state index in [1.54, 1.807) is 6.07 Å². The highest BCUT2D eigenvalue weighted by molar-refractivity contribution is 5.61. The number of anilines is 1. The van der Waals surface area contributed by atoms with Gasteiger partial charge in [0.25, 0.3) is 0 Å². The van der Waals surface area contributed by atoms with Crippen molar-refractivity contribution < 1.29 is 4.52 Å². The molecule has 1 fully saturated rings. The largest absolute Gasteiger partial charge is 0.381 e. The maximum absolute atomic E-state index is 5.62. The number of nitrogens with zero attached hydrogens (tertiary/aromatic N) is 1. The van der Waals surface area contributed by atoms with Gasteiger partial charge in [-0.3, -0.25) is 0 Å². The molecule has 3 nitrogen and oxygen atoms in total. The average molecular weight is 270 g/mol.